The molecular formula is C33H42N8O3. The number of aromatic nitrogens is 4. The summed E-state index contributed by atoms with van der Waals surface area (Å²) in [6, 6.07) is 18.7. The molecule has 2 fully saturated rings. The zero-order valence-corrected chi connectivity index (χ0v) is 25.8. The van der Waals surface area contributed by atoms with Crippen LogP contribution < -0.4 is 20.9 Å². The zero-order valence-electron chi connectivity index (χ0n) is 25.8. The van der Waals surface area contributed by atoms with Gasteiger partial charge >= 0.3 is 6.09 Å². The highest BCUT2D eigenvalue weighted by molar-refractivity contribution is 5.85. The second-order valence-electron chi connectivity index (χ2n) is 12.5. The van der Waals surface area contributed by atoms with Gasteiger partial charge in [0.1, 0.15) is 5.60 Å². The summed E-state index contributed by atoms with van der Waals surface area (Å²) in [7, 11) is 0. The number of hydrogen-bond acceptors (Lipinski definition) is 9. The minimum Gasteiger partial charge on any atom is -0.444 e. The number of ether oxygens (including phenoxy) is 2. The van der Waals surface area contributed by atoms with Crippen LogP contribution in [0.3, 0.4) is 0 Å². The van der Waals surface area contributed by atoms with E-state index in [4.69, 9.17) is 24.4 Å². The third-order valence-corrected chi connectivity index (χ3v) is 7.98. The summed E-state index contributed by atoms with van der Waals surface area (Å²) in [5.74, 6) is 1.16. The molecule has 1 amide bonds. The lowest BCUT2D eigenvalue weighted by Gasteiger charge is -2.31. The van der Waals surface area contributed by atoms with E-state index in [0.29, 0.717) is 18.3 Å². The monoisotopic (exact) mass is 598 g/mol. The van der Waals surface area contributed by atoms with Crippen molar-refractivity contribution in [3.05, 3.63) is 66.5 Å². The molecule has 4 aromatic rings. The summed E-state index contributed by atoms with van der Waals surface area (Å²) in [5, 5.41) is 9.99. The van der Waals surface area contributed by atoms with Gasteiger partial charge in [0, 0.05) is 43.1 Å². The molecule has 11 nitrogen and oxygen atoms in total. The summed E-state index contributed by atoms with van der Waals surface area (Å²) in [4.78, 5) is 29.4. The molecule has 0 bridgehead atoms. The van der Waals surface area contributed by atoms with Crippen molar-refractivity contribution >= 4 is 40.4 Å². The average Bonchev–Trinajstić information content (AvgIpc) is 3.45. The van der Waals surface area contributed by atoms with E-state index < -0.39 is 5.60 Å². The van der Waals surface area contributed by atoms with E-state index in [1.807, 2.05) is 45.3 Å². The molecule has 2 unspecified atom stereocenters. The summed E-state index contributed by atoms with van der Waals surface area (Å²) in [5.41, 5.74) is 4.16. The molecule has 6 rings (SSSR count). The van der Waals surface area contributed by atoms with E-state index in [-0.39, 0.29) is 18.2 Å². The molecule has 2 atom stereocenters. The summed E-state index contributed by atoms with van der Waals surface area (Å²) in [6.45, 7) is 9.52. The van der Waals surface area contributed by atoms with Crippen LogP contribution in [0.25, 0.3) is 11.2 Å². The Morgan fingerprint density at radius 2 is 1.80 bits per heavy atom. The number of carbonyl (C=O) groups is 1. The zero-order chi connectivity index (χ0) is 30.5. The van der Waals surface area contributed by atoms with Gasteiger partial charge in [0.25, 0.3) is 0 Å². The molecule has 232 valence electrons. The maximum absolute atomic E-state index is 12.5. The maximum atomic E-state index is 12.5. The van der Waals surface area contributed by atoms with Crippen molar-refractivity contribution in [1.82, 2.24) is 24.8 Å². The van der Waals surface area contributed by atoms with Gasteiger partial charge in [-0.25, -0.2) is 9.78 Å². The summed E-state index contributed by atoms with van der Waals surface area (Å²) < 4.78 is 13.2. The smallest absolute Gasteiger partial charge is 0.407 e. The van der Waals surface area contributed by atoms with Crippen LogP contribution in [0.2, 0.25) is 0 Å². The summed E-state index contributed by atoms with van der Waals surface area (Å²) >= 11 is 0. The van der Waals surface area contributed by atoms with E-state index in [1.54, 1.807) is 0 Å². The van der Waals surface area contributed by atoms with Crippen LogP contribution in [0.1, 0.15) is 58.1 Å². The highest BCUT2D eigenvalue weighted by atomic mass is 16.6. The Kier molecular flexibility index (Phi) is 8.83. The minimum atomic E-state index is -0.537. The third-order valence-electron chi connectivity index (χ3n) is 7.98. The first-order valence-electron chi connectivity index (χ1n) is 15.5. The predicted octanol–water partition coefficient (Wildman–Crippen LogP) is 6.03. The first-order valence-corrected chi connectivity index (χ1v) is 15.5. The van der Waals surface area contributed by atoms with Crippen molar-refractivity contribution in [2.45, 2.75) is 70.7 Å². The number of rotatable bonds is 8. The Hall–Kier alpha value is -4.38. The van der Waals surface area contributed by atoms with Crippen molar-refractivity contribution in [2.75, 3.05) is 41.8 Å². The van der Waals surface area contributed by atoms with Gasteiger partial charge in [-0.1, -0.05) is 30.3 Å². The topological polar surface area (TPSA) is 118 Å². The predicted molar refractivity (Wildman–Crippen MR) is 173 cm³/mol. The number of nitrogens with zero attached hydrogens (tertiary/aromatic N) is 5. The van der Waals surface area contributed by atoms with Crippen LogP contribution in [-0.4, -0.2) is 63.6 Å². The quantitative estimate of drug-likeness (QED) is 0.223. The molecule has 2 aromatic carbocycles. The number of nitrogens with one attached hydrogen (secondary N) is 3. The lowest BCUT2D eigenvalue weighted by molar-refractivity contribution is 0.0486. The fraction of sp³-hybridized carbons (Fsp3) is 0.455. The van der Waals surface area contributed by atoms with Gasteiger partial charge in [-0.2, -0.15) is 9.97 Å². The molecule has 1 saturated carbocycles. The normalized spacial score (nSPS) is 19.0. The second kappa shape index (κ2) is 13.1. The van der Waals surface area contributed by atoms with Crippen LogP contribution >= 0.6 is 0 Å². The largest absolute Gasteiger partial charge is 0.444 e. The second-order valence-corrected chi connectivity index (χ2v) is 12.5. The van der Waals surface area contributed by atoms with Crippen LogP contribution in [0.15, 0.2) is 60.9 Å². The molecule has 2 aromatic heterocycles. The van der Waals surface area contributed by atoms with Crippen molar-refractivity contribution in [3.8, 4) is 0 Å². The molecule has 0 spiro atoms. The van der Waals surface area contributed by atoms with E-state index in [0.717, 1.165) is 74.4 Å². The Balaban J connectivity index is 1.25. The number of benzene rings is 2. The van der Waals surface area contributed by atoms with Gasteiger partial charge in [-0.3, -0.25) is 0 Å². The third kappa shape index (κ3) is 7.39. The molecule has 0 radical (unpaired) electrons. The number of hydrogen-bond donors (Lipinski definition) is 3. The van der Waals surface area contributed by atoms with E-state index >= 15 is 0 Å². The van der Waals surface area contributed by atoms with Crippen LogP contribution in [0.4, 0.5) is 27.9 Å². The van der Waals surface area contributed by atoms with Crippen LogP contribution in [-0.2, 0) is 16.0 Å². The van der Waals surface area contributed by atoms with Gasteiger partial charge in [0.2, 0.25) is 5.95 Å². The molecule has 11 heteroatoms. The SMILES string of the molecule is CC(C)(C)OC(=O)NC1CCCC(n2cnc3c(NCc4ccccc4)nc(Nc4ccc(N5CCOCC5)cc4)nc32)C1. The highest BCUT2D eigenvalue weighted by Gasteiger charge is 2.28. The van der Waals surface area contributed by atoms with E-state index in [9.17, 15) is 4.79 Å². The van der Waals surface area contributed by atoms with Crippen LogP contribution in [0.5, 0.6) is 0 Å². The Labute approximate surface area is 258 Å². The standard InChI is InChI=1S/C33H42N8O3/c1-33(2,3)44-32(42)37-25-10-7-11-27(20-25)41-22-35-28-29(34-21-23-8-5-4-6-9-23)38-31(39-30(28)41)36-24-12-14-26(15-13-24)40-16-18-43-19-17-40/h4-6,8-9,12-15,22,25,27H,7,10-11,16-21H2,1-3H3,(H,37,42)(H2,34,36,38,39). The first-order chi connectivity index (χ1) is 21.3. The minimum absolute atomic E-state index is 0.0149. The number of imidazole rings is 1. The number of morpholine rings is 1. The fourth-order valence-corrected chi connectivity index (χ4v) is 5.87. The Bertz CT molecular complexity index is 1550. The molecule has 3 N–H and O–H groups in total. The van der Waals surface area contributed by atoms with Gasteiger partial charge in [0.05, 0.1) is 19.5 Å². The lowest BCUT2D eigenvalue weighted by Crippen LogP contribution is -2.41. The van der Waals surface area contributed by atoms with E-state index in [2.05, 4.69) is 61.8 Å². The first kappa shape index (κ1) is 29.7. The molecule has 2 aliphatic rings. The molecule has 3 heterocycles. The Morgan fingerprint density at radius 1 is 1.02 bits per heavy atom. The summed E-state index contributed by atoms with van der Waals surface area (Å²) in [6.07, 6.45) is 5.12. The number of fused-ring (bicyclic) bond motifs is 1. The average molecular weight is 599 g/mol. The molecular weight excluding hydrogens is 556 g/mol. The van der Waals surface area contributed by atoms with Gasteiger partial charge in [-0.15, -0.1) is 0 Å². The number of anilines is 4. The van der Waals surface area contributed by atoms with E-state index in [1.165, 1.54) is 5.69 Å². The Morgan fingerprint density at radius 3 is 2.55 bits per heavy atom. The van der Waals surface area contributed by atoms with Crippen molar-refractivity contribution in [1.29, 1.82) is 0 Å². The maximum Gasteiger partial charge on any atom is 0.407 e. The lowest BCUT2D eigenvalue weighted by atomic mass is 9.91. The number of amides is 1. The van der Waals surface area contributed by atoms with Crippen molar-refractivity contribution in [2.24, 2.45) is 0 Å². The molecule has 1 saturated heterocycles. The van der Waals surface area contributed by atoms with Crippen molar-refractivity contribution < 1.29 is 14.3 Å². The number of carbonyl (C=O) groups excluding carboxylic acids is 1. The molecule has 1 aliphatic heterocycles. The molecule has 1 aliphatic carbocycles. The fourth-order valence-electron chi connectivity index (χ4n) is 5.87. The van der Waals surface area contributed by atoms with Gasteiger partial charge in [-0.05, 0) is 76.3 Å². The van der Waals surface area contributed by atoms with Gasteiger partial charge in [0.15, 0.2) is 17.0 Å². The van der Waals surface area contributed by atoms with Crippen molar-refractivity contribution in [3.63, 3.8) is 0 Å². The highest BCUT2D eigenvalue weighted by Crippen LogP contribution is 2.33. The van der Waals surface area contributed by atoms with Crippen LogP contribution in [0, 0.1) is 0 Å². The van der Waals surface area contributed by atoms with Gasteiger partial charge < -0.3 is 34.9 Å². The molecule has 44 heavy (non-hydrogen) atoms. The number of alkyl carbamates (subject to hydrolysis) is 1.